The van der Waals surface area contributed by atoms with Gasteiger partial charge in [0.25, 0.3) is 0 Å². The minimum Gasteiger partial charge on any atom is -0.481 e. The summed E-state index contributed by atoms with van der Waals surface area (Å²) in [6.45, 7) is 0.772. The molecule has 4 heterocycles. The Labute approximate surface area is 486 Å². The van der Waals surface area contributed by atoms with Crippen molar-refractivity contribution < 1.29 is 60.4 Å². The van der Waals surface area contributed by atoms with Crippen molar-refractivity contribution in [2.45, 2.75) is 117 Å². The normalized spacial score (nSPS) is 16.2. The number of hydrogen-bond acceptors (Lipinski definition) is 19. The third kappa shape index (κ3) is 24.4. The third-order valence-corrected chi connectivity index (χ3v) is 12.6. The van der Waals surface area contributed by atoms with Crippen LogP contribution < -0.4 is 41.8 Å². The van der Waals surface area contributed by atoms with Crippen LogP contribution in [-0.2, 0) is 35.5 Å². The van der Waals surface area contributed by atoms with E-state index in [1.54, 1.807) is 61.2 Å². The Morgan fingerprint density at radius 1 is 0.607 bits per heavy atom. The molecule has 23 nitrogen and oxygen atoms in total. The number of aliphatic carboxylic acids is 1. The van der Waals surface area contributed by atoms with Crippen molar-refractivity contribution in [3.63, 3.8) is 0 Å². The molecule has 2 aliphatic rings. The molecule has 30 heteroatoms. The van der Waals surface area contributed by atoms with Crippen LogP contribution in [0.2, 0.25) is 0 Å². The number of carbonyl (C=O) groups excluding carboxylic acids is 1. The molecule has 0 aliphatic heterocycles. The number of carboxylic acid groups (broad SMARTS) is 1. The van der Waals surface area contributed by atoms with Crippen molar-refractivity contribution in [3.8, 4) is 11.5 Å². The van der Waals surface area contributed by atoms with Gasteiger partial charge in [-0.1, -0.05) is 51.3 Å². The zero-order valence-electron chi connectivity index (χ0n) is 43.6. The first-order valence-electron chi connectivity index (χ1n) is 25.4. The van der Waals surface area contributed by atoms with Crippen LogP contribution in [0.25, 0.3) is 0 Å². The van der Waals surface area contributed by atoms with Crippen molar-refractivity contribution in [1.29, 1.82) is 0 Å². The fourth-order valence-corrected chi connectivity index (χ4v) is 8.57. The molecule has 0 bridgehead atoms. The average Bonchev–Trinajstić information content (AvgIpc) is 3.62. The Kier molecular flexibility index (Phi) is 28.2. The molecular formula is C54H67ClF6N14O9. The Morgan fingerprint density at radius 3 is 1.39 bits per heavy atom. The first-order valence-corrected chi connectivity index (χ1v) is 25.4. The summed E-state index contributed by atoms with van der Waals surface area (Å²) < 4.78 is 83.9. The molecule has 8 N–H and O–H groups in total. The molecule has 4 aromatic heterocycles. The highest BCUT2D eigenvalue weighted by molar-refractivity contribution is 5.85. The maximum atomic E-state index is 12.7. The van der Waals surface area contributed by atoms with Gasteiger partial charge in [0.15, 0.2) is 0 Å². The number of anilines is 4. The second kappa shape index (κ2) is 34.0. The standard InChI is InChI=1S/C26H28F3N7O4.C19H23F3N6O3.C7H7NO2.2CH4.ClH/c27-26(28,29)40-22-4-2-1-3-19(22)15-32-25-33-16-21(36(38)39)24(35-25)31-14-18-5-7-20(8-6-18)34-23(37)13-17-9-11-30-12-10-17;20-19(21,22)31-16-4-2-1-3-13(16)10-25-18-26-11-15(28(29)30)17(27-18)24-9-12-5-7-14(23)8-6-12;9-7(10)5-6-1-3-8-4-2-6;;;/h1-4,9-12,16,18,20H,5-8,13-15H2,(H,34,37)(H2,31,32,33,35);1-4,11-12,14H,5-10,23H2,(H2,24,25,26,27);1-4H,5H2,(H,9,10);2*1H4;1H. The number of hydrogen-bond donors (Lipinski definition) is 7. The molecule has 0 unspecified atom stereocenters. The van der Waals surface area contributed by atoms with Crippen LogP contribution in [0.1, 0.15) is 88.5 Å². The Hall–Kier alpha value is -8.73. The SMILES string of the molecule is C.C.Cl.NC1CCC(CNc2nc(NCc3ccccc3OC(F)(F)F)ncc2[N+](=O)[O-])CC1.O=C(Cc1ccncc1)NC1CCC(CNc2nc(NCc3ccccc3OC(F)(F)F)ncc2[N+](=O)[O-])CC1.O=C(O)Cc1ccncc1. The Morgan fingerprint density at radius 2 is 1.00 bits per heavy atom. The molecule has 1 amide bonds. The lowest BCUT2D eigenvalue weighted by Crippen LogP contribution is -2.39. The van der Waals surface area contributed by atoms with Crippen LogP contribution in [0, 0.1) is 32.1 Å². The van der Waals surface area contributed by atoms with E-state index in [1.165, 1.54) is 36.4 Å². The lowest BCUT2D eigenvalue weighted by Gasteiger charge is -2.29. The van der Waals surface area contributed by atoms with E-state index in [2.05, 4.69) is 66.0 Å². The molecule has 456 valence electrons. The van der Waals surface area contributed by atoms with Crippen LogP contribution >= 0.6 is 12.4 Å². The fraction of sp³-hybridized carbons (Fsp3) is 0.407. The maximum absolute atomic E-state index is 12.7. The molecule has 0 radical (unpaired) electrons. The summed E-state index contributed by atoms with van der Waals surface area (Å²) in [5, 5.41) is 45.9. The zero-order valence-corrected chi connectivity index (χ0v) is 44.5. The van der Waals surface area contributed by atoms with Gasteiger partial charge < -0.3 is 46.9 Å². The number of pyridine rings is 2. The molecule has 2 aromatic carbocycles. The molecule has 0 saturated heterocycles. The summed E-state index contributed by atoms with van der Waals surface area (Å²) in [4.78, 5) is 68.0. The summed E-state index contributed by atoms with van der Waals surface area (Å²) in [6.07, 6.45) is 6.12. The van der Waals surface area contributed by atoms with Crippen LogP contribution in [0.15, 0.2) is 110 Å². The highest BCUT2D eigenvalue weighted by Crippen LogP contribution is 2.32. The number of halogens is 7. The van der Waals surface area contributed by atoms with Crippen molar-refractivity contribution in [3.05, 3.63) is 152 Å². The summed E-state index contributed by atoms with van der Waals surface area (Å²) in [5.74, 6) is -0.917. The molecule has 2 saturated carbocycles. The number of para-hydroxylation sites is 2. The minimum atomic E-state index is -4.85. The number of nitrogens with one attached hydrogen (secondary N) is 5. The van der Waals surface area contributed by atoms with E-state index in [0.29, 0.717) is 25.4 Å². The molecule has 0 spiro atoms. The molecule has 84 heavy (non-hydrogen) atoms. The van der Waals surface area contributed by atoms with E-state index in [4.69, 9.17) is 10.8 Å². The highest BCUT2D eigenvalue weighted by Gasteiger charge is 2.33. The van der Waals surface area contributed by atoms with Crippen LogP contribution in [0.4, 0.5) is 61.2 Å². The van der Waals surface area contributed by atoms with Gasteiger partial charge in [-0.05, 0) is 111 Å². The Balaban J connectivity index is 0.000000373. The van der Waals surface area contributed by atoms with Gasteiger partial charge in [0.1, 0.15) is 23.9 Å². The number of benzene rings is 2. The van der Waals surface area contributed by atoms with Gasteiger partial charge >= 0.3 is 30.1 Å². The van der Waals surface area contributed by atoms with Crippen molar-refractivity contribution in [2.75, 3.05) is 34.4 Å². The largest absolute Gasteiger partial charge is 0.573 e. The number of amides is 1. The number of alkyl halides is 6. The van der Waals surface area contributed by atoms with Gasteiger partial charge in [-0.3, -0.25) is 39.8 Å². The van der Waals surface area contributed by atoms with Crippen molar-refractivity contribution >= 4 is 59.2 Å². The lowest BCUT2D eigenvalue weighted by molar-refractivity contribution is -0.384. The van der Waals surface area contributed by atoms with Gasteiger partial charge in [0.05, 0.1) is 22.7 Å². The predicted molar refractivity (Wildman–Crippen MR) is 303 cm³/mol. The minimum absolute atomic E-state index is 0. The fourth-order valence-electron chi connectivity index (χ4n) is 8.57. The van der Waals surface area contributed by atoms with E-state index < -0.39 is 28.5 Å². The number of nitrogens with two attached hydrogens (primary N) is 1. The summed E-state index contributed by atoms with van der Waals surface area (Å²) in [5.41, 5.74) is 7.42. The van der Waals surface area contributed by atoms with Crippen molar-refractivity contribution in [2.24, 2.45) is 17.6 Å². The smallest absolute Gasteiger partial charge is 0.481 e. The number of nitro groups is 2. The molecule has 6 aromatic rings. The summed E-state index contributed by atoms with van der Waals surface area (Å²) >= 11 is 0. The van der Waals surface area contributed by atoms with Crippen LogP contribution in [-0.4, -0.2) is 94.6 Å². The number of aromatic nitrogens is 6. The zero-order chi connectivity index (χ0) is 58.4. The van der Waals surface area contributed by atoms with E-state index >= 15 is 0 Å². The quantitative estimate of drug-likeness (QED) is 0.0200. The number of carboxylic acids is 1. The van der Waals surface area contributed by atoms with E-state index in [1.807, 2.05) is 0 Å². The van der Waals surface area contributed by atoms with Crippen molar-refractivity contribution in [1.82, 2.24) is 35.2 Å². The van der Waals surface area contributed by atoms with E-state index in [0.717, 1.165) is 74.9 Å². The van der Waals surface area contributed by atoms with Gasteiger partial charge in [0, 0.05) is 74.2 Å². The molecule has 2 fully saturated rings. The van der Waals surface area contributed by atoms with Gasteiger partial charge in [-0.15, -0.1) is 38.7 Å². The monoisotopic (exact) mass is 1200 g/mol. The second-order valence-corrected chi connectivity index (χ2v) is 18.7. The molecule has 2 aliphatic carbocycles. The van der Waals surface area contributed by atoms with Crippen LogP contribution in [0.3, 0.4) is 0 Å². The summed E-state index contributed by atoms with van der Waals surface area (Å²) in [6, 6.07) is 18.5. The second-order valence-electron chi connectivity index (χ2n) is 18.7. The highest BCUT2D eigenvalue weighted by atomic mass is 35.5. The predicted octanol–water partition coefficient (Wildman–Crippen LogP) is 10.8. The molecule has 0 atom stereocenters. The Bertz CT molecular complexity index is 3000. The maximum Gasteiger partial charge on any atom is 0.573 e. The number of rotatable bonds is 21. The van der Waals surface area contributed by atoms with Gasteiger partial charge in [-0.2, -0.15) is 9.97 Å². The third-order valence-electron chi connectivity index (χ3n) is 12.6. The molecule has 8 rings (SSSR count). The lowest BCUT2D eigenvalue weighted by atomic mass is 9.86. The first kappa shape index (κ1) is 69.5. The van der Waals surface area contributed by atoms with E-state index in [-0.39, 0.29) is 128 Å². The van der Waals surface area contributed by atoms with Crippen LogP contribution in [0.5, 0.6) is 11.5 Å². The topological polar surface area (TPSA) is 323 Å². The number of ether oxygens (including phenoxy) is 2. The first-order chi connectivity index (χ1) is 38.7. The molecular weight excluding hydrogens is 1140 g/mol. The number of nitrogens with zero attached hydrogens (tertiary/aromatic N) is 8. The average molecular weight is 1210 g/mol. The van der Waals surface area contributed by atoms with Gasteiger partial charge in [-0.25, -0.2) is 9.97 Å². The number of carbonyl (C=O) groups is 2. The summed E-state index contributed by atoms with van der Waals surface area (Å²) in [7, 11) is 0. The van der Waals surface area contributed by atoms with E-state index in [9.17, 15) is 56.2 Å². The van der Waals surface area contributed by atoms with Gasteiger partial charge in [0.2, 0.25) is 29.4 Å².